The van der Waals surface area contributed by atoms with Crippen LogP contribution in [0.15, 0.2) is 65.8 Å². The predicted octanol–water partition coefficient (Wildman–Crippen LogP) is 0.542. The third-order valence-electron chi connectivity index (χ3n) is 10.4. The fraction of sp³-hybridized carbons (Fsp3) is 0.533. The van der Waals surface area contributed by atoms with E-state index in [4.69, 9.17) is 76.5 Å². The van der Waals surface area contributed by atoms with Crippen molar-refractivity contribution in [1.29, 1.82) is 0 Å². The average Bonchev–Trinajstić information content (AvgIpc) is 4.00. The molecule has 3 aromatic rings. The van der Waals surface area contributed by atoms with Crippen molar-refractivity contribution >= 4 is 52.7 Å². The lowest BCUT2D eigenvalue weighted by molar-refractivity contribution is -0.139. The summed E-state index contributed by atoms with van der Waals surface area (Å²) in [6.07, 6.45) is 12.4. The summed E-state index contributed by atoms with van der Waals surface area (Å²) in [5.41, 5.74) is 45.3. The number of aromatic nitrogens is 1. The van der Waals surface area contributed by atoms with Crippen LogP contribution in [0.25, 0.3) is 10.9 Å². The summed E-state index contributed by atoms with van der Waals surface area (Å²) in [5, 5.41) is 54.4. The van der Waals surface area contributed by atoms with Crippen LogP contribution in [-0.4, -0.2) is 133 Å². The van der Waals surface area contributed by atoms with Crippen molar-refractivity contribution in [3.05, 3.63) is 71.9 Å². The number of nitrogens with one attached hydrogen (secondary N) is 2. The van der Waals surface area contributed by atoms with Crippen LogP contribution < -0.4 is 51.2 Å². The number of hydrogen-bond acceptors (Lipinski definition) is 14. The minimum atomic E-state index is -0.972. The number of aromatic amines is 1. The molecule has 1 saturated carbocycles. The first kappa shape index (κ1) is 61.8. The van der Waals surface area contributed by atoms with E-state index in [0.717, 1.165) is 54.3 Å². The van der Waals surface area contributed by atoms with Gasteiger partial charge in [-0.15, -0.1) is 0 Å². The van der Waals surface area contributed by atoms with Gasteiger partial charge in [-0.3, -0.25) is 33.8 Å². The van der Waals surface area contributed by atoms with Gasteiger partial charge < -0.3 is 86.8 Å². The molecule has 23 nitrogen and oxygen atoms in total. The van der Waals surface area contributed by atoms with Gasteiger partial charge in [0, 0.05) is 23.5 Å². The Labute approximate surface area is 396 Å². The number of hydrogen-bond donors (Lipinski definition) is 16. The third-order valence-corrected chi connectivity index (χ3v) is 10.4. The number of rotatable bonds is 18. The zero-order valence-corrected chi connectivity index (χ0v) is 38.7. The maximum Gasteiger partial charge on any atom is 0.320 e. The Kier molecular flexibility index (Phi) is 31.8. The topological polar surface area (TPSA) is 472 Å². The number of H-pyrrole nitrogens is 1. The van der Waals surface area contributed by atoms with E-state index < -0.39 is 66.0 Å². The first-order valence-electron chi connectivity index (χ1n) is 22.3. The Morgan fingerprint density at radius 2 is 1.16 bits per heavy atom. The van der Waals surface area contributed by atoms with Crippen LogP contribution in [0, 0.1) is 5.92 Å². The van der Waals surface area contributed by atoms with Crippen molar-refractivity contribution in [3.8, 4) is 0 Å². The SMILES string of the molecule is C[C@H](N)C(=O)O.NC(N)=NC(CC[C@H](N)C(=O)O)C1CCCCC1.NCCC[C@H](N)C(=O)O.N[C@@H](Cc1c[nH]c2ccccc12)C(=O)O.N[C@@H](Cc1ccccc1)C(=O)O.O=C(O)[C@@H]1CCCN1. The van der Waals surface area contributed by atoms with Crippen molar-refractivity contribution in [1.82, 2.24) is 10.3 Å². The molecule has 0 amide bonds. The Bertz CT molecular complexity index is 1950. The normalized spacial score (nSPS) is 16.6. The molecule has 68 heavy (non-hydrogen) atoms. The van der Waals surface area contributed by atoms with E-state index in [9.17, 15) is 28.8 Å². The molecular weight excluding hydrogens is 887 g/mol. The van der Waals surface area contributed by atoms with Crippen molar-refractivity contribution in [3.63, 3.8) is 0 Å². The van der Waals surface area contributed by atoms with Crippen LogP contribution >= 0.6 is 0 Å². The quantitative estimate of drug-likeness (QED) is 0.0611. The van der Waals surface area contributed by atoms with E-state index in [1.165, 1.54) is 26.2 Å². The summed E-state index contributed by atoms with van der Waals surface area (Å²) in [7, 11) is 0. The highest BCUT2D eigenvalue weighted by atomic mass is 16.4. The van der Waals surface area contributed by atoms with E-state index >= 15 is 0 Å². The number of carbonyl (C=O) groups is 6. The molecule has 1 aliphatic heterocycles. The second-order valence-electron chi connectivity index (χ2n) is 16.2. The Hall–Kier alpha value is -6.21. The molecule has 2 aromatic carbocycles. The summed E-state index contributed by atoms with van der Waals surface area (Å²) in [6, 6.07) is 12.9. The van der Waals surface area contributed by atoms with Crippen LogP contribution in [0.4, 0.5) is 0 Å². The highest BCUT2D eigenvalue weighted by Crippen LogP contribution is 2.30. The largest absolute Gasteiger partial charge is 0.480 e. The van der Waals surface area contributed by atoms with Crippen molar-refractivity contribution in [2.75, 3.05) is 13.1 Å². The molecule has 0 spiro atoms. The van der Waals surface area contributed by atoms with Gasteiger partial charge >= 0.3 is 35.8 Å². The molecular formula is C45H75N11O12. The number of carboxylic acids is 6. The summed E-state index contributed by atoms with van der Waals surface area (Å²) in [5.74, 6) is -5.00. The summed E-state index contributed by atoms with van der Waals surface area (Å²) >= 11 is 0. The molecule has 0 radical (unpaired) electrons. The first-order chi connectivity index (χ1) is 32.0. The molecule has 2 heterocycles. The van der Waals surface area contributed by atoms with Gasteiger partial charge in [0.15, 0.2) is 5.96 Å². The van der Waals surface area contributed by atoms with Gasteiger partial charge in [-0.25, -0.2) is 0 Å². The lowest BCUT2D eigenvalue weighted by Crippen LogP contribution is -2.34. The third kappa shape index (κ3) is 28.1. The molecule has 0 bridgehead atoms. The van der Waals surface area contributed by atoms with Crippen molar-refractivity contribution < 1.29 is 59.4 Å². The maximum atomic E-state index is 10.7. The van der Waals surface area contributed by atoms with Crippen molar-refractivity contribution in [2.24, 2.45) is 56.8 Å². The van der Waals surface area contributed by atoms with Crippen LogP contribution in [0.1, 0.15) is 88.7 Å². The average molecular weight is 962 g/mol. The minimum absolute atomic E-state index is 0.0145. The van der Waals surface area contributed by atoms with Gasteiger partial charge in [0.25, 0.3) is 0 Å². The van der Waals surface area contributed by atoms with Gasteiger partial charge in [-0.05, 0) is 101 Å². The Morgan fingerprint density at radius 3 is 1.62 bits per heavy atom. The maximum absolute atomic E-state index is 10.7. The Balaban J connectivity index is 0.000000821. The van der Waals surface area contributed by atoms with Crippen LogP contribution in [0.2, 0.25) is 0 Å². The number of benzene rings is 2. The second kappa shape index (κ2) is 35.0. The monoisotopic (exact) mass is 962 g/mol. The van der Waals surface area contributed by atoms with E-state index in [2.05, 4.69) is 15.3 Å². The summed E-state index contributed by atoms with van der Waals surface area (Å²) in [6.45, 7) is 2.78. The predicted molar refractivity (Wildman–Crippen MR) is 258 cm³/mol. The summed E-state index contributed by atoms with van der Waals surface area (Å²) < 4.78 is 0. The lowest BCUT2D eigenvalue weighted by atomic mass is 9.82. The number of carboxylic acid groups (broad SMARTS) is 6. The molecule has 2 aliphatic rings. The van der Waals surface area contributed by atoms with Gasteiger partial charge in [-0.2, -0.15) is 0 Å². The molecule has 2 fully saturated rings. The first-order valence-corrected chi connectivity index (χ1v) is 22.3. The highest BCUT2D eigenvalue weighted by molar-refractivity contribution is 5.84. The zero-order chi connectivity index (χ0) is 51.8. The molecule has 382 valence electrons. The fourth-order valence-electron chi connectivity index (χ4n) is 6.53. The molecule has 5 rings (SSSR count). The van der Waals surface area contributed by atoms with Gasteiger partial charge in [-0.1, -0.05) is 67.8 Å². The molecule has 1 aromatic heterocycles. The van der Waals surface area contributed by atoms with E-state index in [1.807, 2.05) is 60.8 Å². The number of guanidine groups is 1. The lowest BCUT2D eigenvalue weighted by Gasteiger charge is -2.28. The van der Waals surface area contributed by atoms with Crippen molar-refractivity contribution in [2.45, 2.75) is 133 Å². The number of aliphatic carboxylic acids is 6. The van der Waals surface area contributed by atoms with Gasteiger partial charge in [0.1, 0.15) is 36.3 Å². The number of para-hydroxylation sites is 1. The second-order valence-corrected chi connectivity index (χ2v) is 16.2. The number of aliphatic imine (C=N–C) groups is 1. The van der Waals surface area contributed by atoms with Gasteiger partial charge in [0.2, 0.25) is 0 Å². The minimum Gasteiger partial charge on any atom is -0.480 e. The number of nitrogens with two attached hydrogens (primary N) is 8. The fourth-order valence-corrected chi connectivity index (χ4v) is 6.53. The molecule has 1 saturated heterocycles. The summed E-state index contributed by atoms with van der Waals surface area (Å²) in [4.78, 5) is 68.8. The van der Waals surface area contributed by atoms with Crippen LogP contribution in [0.3, 0.4) is 0 Å². The van der Waals surface area contributed by atoms with Crippen LogP contribution in [0.5, 0.6) is 0 Å². The molecule has 24 N–H and O–H groups in total. The molecule has 7 atom stereocenters. The van der Waals surface area contributed by atoms with E-state index in [0.29, 0.717) is 51.0 Å². The molecule has 23 heteroatoms. The number of nitrogens with zero attached hydrogens (tertiary/aromatic N) is 1. The highest BCUT2D eigenvalue weighted by Gasteiger charge is 2.25. The smallest absolute Gasteiger partial charge is 0.320 e. The standard InChI is InChI=1S/C12H24N4O2.C11H12N2O2.C9H11NO2.C5H12N2O2.C5H9NO2.C3H7NO2/c13-9(11(17)18)6-7-10(16-12(14)15)8-4-2-1-3-5-8;12-9(11(14)15)5-7-6-13-10-4-2-1-3-8(7)10;10-8(9(11)12)6-7-4-2-1-3-5-7;6-3-1-2-4(7)5(8)9;7-5(8)4-2-1-3-6-4;1-2(4)3(5)6/h8-10H,1-7,13H2,(H,17,18)(H4,14,15,16);1-4,6,9,13H,5,12H2,(H,14,15);1-5,8H,6,10H2,(H,11,12);4H,1-3,6-7H2,(H,8,9);4,6H,1-3H2,(H,7,8);2H,4H2,1H3,(H,5,6)/t9-,10?;9-;8-;2*4-;2-/m000000/s1. The van der Waals surface area contributed by atoms with E-state index in [1.54, 1.807) is 0 Å². The molecule has 1 aliphatic carbocycles. The Morgan fingerprint density at radius 1 is 0.647 bits per heavy atom. The zero-order valence-electron chi connectivity index (χ0n) is 38.7. The van der Waals surface area contributed by atoms with E-state index in [-0.39, 0.29) is 18.0 Å². The molecule has 1 unspecified atom stereocenters. The number of fused-ring (bicyclic) bond motifs is 1. The van der Waals surface area contributed by atoms with Gasteiger partial charge in [0.05, 0.1) is 6.04 Å². The van der Waals surface area contributed by atoms with Crippen LogP contribution in [-0.2, 0) is 41.6 Å².